The average Bonchev–Trinajstić information content (AvgIpc) is 2.41. The minimum atomic E-state index is -1.33. The topological polar surface area (TPSA) is 48.8 Å². The van der Waals surface area contributed by atoms with Crippen LogP contribution in [0.3, 0.4) is 0 Å². The molecule has 1 aromatic rings. The van der Waals surface area contributed by atoms with Gasteiger partial charge >= 0.3 is 0 Å². The van der Waals surface area contributed by atoms with Crippen molar-refractivity contribution >= 4 is 29.6 Å². The summed E-state index contributed by atoms with van der Waals surface area (Å²) in [6.07, 6.45) is 1.93. The molecule has 20 heavy (non-hydrogen) atoms. The molecular formula is C15H18BrN3Si. The normalized spacial score (nSPS) is 11.3. The number of azide groups is 1. The Bertz CT molecular complexity index is 582. The van der Waals surface area contributed by atoms with Gasteiger partial charge in [-0.1, -0.05) is 64.8 Å². The van der Waals surface area contributed by atoms with Crippen molar-refractivity contribution in [1.82, 2.24) is 0 Å². The van der Waals surface area contributed by atoms with Crippen molar-refractivity contribution in [2.45, 2.75) is 19.6 Å². The first-order valence-corrected chi connectivity index (χ1v) is 11.0. The van der Waals surface area contributed by atoms with Crippen molar-refractivity contribution in [3.63, 3.8) is 0 Å². The molecule has 0 atom stereocenters. The second-order valence-corrected chi connectivity index (χ2v) is 10.7. The van der Waals surface area contributed by atoms with Crippen molar-refractivity contribution in [1.29, 1.82) is 0 Å². The molecule has 104 valence electrons. The van der Waals surface area contributed by atoms with Gasteiger partial charge in [-0.25, -0.2) is 0 Å². The van der Waals surface area contributed by atoms with E-state index in [1.54, 1.807) is 0 Å². The number of benzene rings is 1. The van der Waals surface area contributed by atoms with Gasteiger partial charge in [-0.15, -0.1) is 5.54 Å². The number of allylic oxidation sites excluding steroid dienone is 1. The molecule has 0 heterocycles. The van der Waals surface area contributed by atoms with E-state index in [0.717, 1.165) is 22.0 Å². The minimum Gasteiger partial charge on any atom is -0.127 e. The summed E-state index contributed by atoms with van der Waals surface area (Å²) in [7, 11) is -1.33. The van der Waals surface area contributed by atoms with Crippen molar-refractivity contribution in [3.05, 3.63) is 51.9 Å². The zero-order valence-electron chi connectivity index (χ0n) is 12.0. The molecule has 0 radical (unpaired) electrons. The van der Waals surface area contributed by atoms with E-state index in [9.17, 15) is 0 Å². The smallest absolute Gasteiger partial charge is 0.127 e. The highest BCUT2D eigenvalue weighted by Gasteiger charge is 2.07. The van der Waals surface area contributed by atoms with Gasteiger partial charge in [0.25, 0.3) is 0 Å². The number of nitrogens with zero attached hydrogens (tertiary/aromatic N) is 3. The van der Waals surface area contributed by atoms with Crippen molar-refractivity contribution in [2.75, 3.05) is 11.9 Å². The Morgan fingerprint density at radius 2 is 2.00 bits per heavy atom. The lowest BCUT2D eigenvalue weighted by atomic mass is 10.1. The van der Waals surface area contributed by atoms with Gasteiger partial charge in [-0.2, -0.15) is 0 Å². The van der Waals surface area contributed by atoms with E-state index in [1.807, 2.05) is 18.2 Å². The Labute approximate surface area is 129 Å². The largest absolute Gasteiger partial charge is 0.129 e. The van der Waals surface area contributed by atoms with Gasteiger partial charge in [-0.3, -0.25) is 0 Å². The average molecular weight is 348 g/mol. The number of hydrogen-bond acceptors (Lipinski definition) is 1. The molecule has 0 unspecified atom stereocenters. The zero-order chi connectivity index (χ0) is 15.0. The lowest BCUT2D eigenvalue weighted by Crippen LogP contribution is -2.16. The third-order valence-corrected chi connectivity index (χ3v) is 3.94. The summed E-state index contributed by atoms with van der Waals surface area (Å²) >= 11 is 3.45. The van der Waals surface area contributed by atoms with Crippen LogP contribution in [0.4, 0.5) is 0 Å². The van der Waals surface area contributed by atoms with Crippen LogP contribution in [0.15, 0.2) is 35.5 Å². The van der Waals surface area contributed by atoms with Gasteiger partial charge in [0.1, 0.15) is 8.07 Å². The highest BCUT2D eigenvalue weighted by atomic mass is 79.9. The first-order valence-electron chi connectivity index (χ1n) is 6.36. The first kappa shape index (κ1) is 16.6. The van der Waals surface area contributed by atoms with Gasteiger partial charge in [0.05, 0.1) is 0 Å². The van der Waals surface area contributed by atoms with Gasteiger partial charge in [0, 0.05) is 22.4 Å². The maximum Gasteiger partial charge on any atom is 0.129 e. The Balaban J connectivity index is 2.91. The summed E-state index contributed by atoms with van der Waals surface area (Å²) in [5.41, 5.74) is 14.9. The molecule has 0 spiro atoms. The van der Waals surface area contributed by atoms with Gasteiger partial charge in [0.15, 0.2) is 0 Å². The molecule has 0 saturated heterocycles. The van der Waals surface area contributed by atoms with E-state index in [2.05, 4.69) is 69.2 Å². The number of rotatable bonds is 4. The Morgan fingerprint density at radius 3 is 2.50 bits per heavy atom. The van der Waals surface area contributed by atoms with E-state index in [0.29, 0.717) is 6.54 Å². The van der Waals surface area contributed by atoms with Gasteiger partial charge in [-0.05, 0) is 28.8 Å². The van der Waals surface area contributed by atoms with Crippen molar-refractivity contribution < 1.29 is 0 Å². The number of hydrogen-bond donors (Lipinski definition) is 0. The predicted molar refractivity (Wildman–Crippen MR) is 92.5 cm³/mol. The lowest BCUT2D eigenvalue weighted by Gasteiger charge is -2.05. The second-order valence-electron chi connectivity index (χ2n) is 5.35. The summed E-state index contributed by atoms with van der Waals surface area (Å²) in [6, 6.07) is 8.17. The fourth-order valence-electron chi connectivity index (χ4n) is 1.46. The van der Waals surface area contributed by atoms with Crippen LogP contribution in [0.2, 0.25) is 19.6 Å². The molecule has 0 aliphatic rings. The quantitative estimate of drug-likeness (QED) is 0.184. The molecular weight excluding hydrogens is 330 g/mol. The zero-order valence-corrected chi connectivity index (χ0v) is 14.6. The summed E-state index contributed by atoms with van der Waals surface area (Å²) in [5, 5.41) is 4.25. The first-order chi connectivity index (χ1) is 9.46. The summed E-state index contributed by atoms with van der Waals surface area (Å²) in [4.78, 5) is 2.75. The maximum absolute atomic E-state index is 8.29. The molecule has 0 aliphatic carbocycles. The third-order valence-electron chi connectivity index (χ3n) is 2.46. The molecule has 0 aliphatic heterocycles. The van der Waals surface area contributed by atoms with E-state index in [1.165, 1.54) is 0 Å². The highest BCUT2D eigenvalue weighted by molar-refractivity contribution is 9.09. The van der Waals surface area contributed by atoms with E-state index in [-0.39, 0.29) is 0 Å². The van der Waals surface area contributed by atoms with Crippen LogP contribution in [0.1, 0.15) is 11.1 Å². The van der Waals surface area contributed by atoms with Crippen LogP contribution in [0.5, 0.6) is 0 Å². The van der Waals surface area contributed by atoms with E-state index >= 15 is 0 Å². The molecule has 0 aromatic heterocycles. The SMILES string of the molecule is C[Si](C)(C)C#Cc1ccc(/C(=C/CN=[N+]=[N-])CBr)cc1. The molecule has 0 fully saturated rings. The second kappa shape index (κ2) is 7.96. The minimum absolute atomic E-state index is 0.370. The van der Waals surface area contributed by atoms with E-state index in [4.69, 9.17) is 5.53 Å². The molecule has 0 N–H and O–H groups in total. The molecule has 0 amide bonds. The van der Waals surface area contributed by atoms with Crippen molar-refractivity contribution in [3.8, 4) is 11.5 Å². The van der Waals surface area contributed by atoms with Gasteiger partial charge in [0.2, 0.25) is 0 Å². The lowest BCUT2D eigenvalue weighted by molar-refractivity contribution is 1.21. The summed E-state index contributed by atoms with van der Waals surface area (Å²) in [5.74, 6) is 3.24. The molecule has 0 bridgehead atoms. The van der Waals surface area contributed by atoms with E-state index < -0.39 is 8.07 Å². The molecule has 1 rings (SSSR count). The van der Waals surface area contributed by atoms with Crippen LogP contribution in [-0.4, -0.2) is 19.9 Å². The molecule has 5 heteroatoms. The van der Waals surface area contributed by atoms with Crippen molar-refractivity contribution in [2.24, 2.45) is 5.11 Å². The molecule has 1 aromatic carbocycles. The Hall–Kier alpha value is -1.47. The molecule has 0 saturated carbocycles. The Morgan fingerprint density at radius 1 is 1.35 bits per heavy atom. The Kier molecular flexibility index (Phi) is 6.60. The number of alkyl halides is 1. The predicted octanol–water partition coefficient (Wildman–Crippen LogP) is 5.00. The standard InChI is InChI=1S/C15H18BrN3Si/c1-20(2,3)11-9-13-4-6-14(7-5-13)15(12-16)8-10-18-19-17/h4-8H,10,12H2,1-3H3/b15-8+. The molecule has 3 nitrogen and oxygen atoms in total. The van der Waals surface area contributed by atoms with Gasteiger partial charge < -0.3 is 0 Å². The van der Waals surface area contributed by atoms with Crippen LogP contribution in [0, 0.1) is 11.5 Å². The van der Waals surface area contributed by atoms with Crippen LogP contribution < -0.4 is 0 Å². The van der Waals surface area contributed by atoms with Crippen LogP contribution in [-0.2, 0) is 0 Å². The number of halogens is 1. The third kappa shape index (κ3) is 6.11. The monoisotopic (exact) mass is 347 g/mol. The maximum atomic E-state index is 8.29. The summed E-state index contributed by atoms with van der Waals surface area (Å²) in [6.45, 7) is 7.07. The fourth-order valence-corrected chi connectivity index (χ4v) is 2.54. The summed E-state index contributed by atoms with van der Waals surface area (Å²) < 4.78 is 0. The highest BCUT2D eigenvalue weighted by Crippen LogP contribution is 2.17. The fraction of sp³-hybridized carbons (Fsp3) is 0.333. The van der Waals surface area contributed by atoms with Crippen LogP contribution >= 0.6 is 15.9 Å². The van der Waals surface area contributed by atoms with Crippen LogP contribution in [0.25, 0.3) is 16.0 Å².